The lowest BCUT2D eigenvalue weighted by molar-refractivity contribution is 0.0921. The van der Waals surface area contributed by atoms with E-state index >= 15 is 0 Å². The standard InChI is InChI=1S/C8H9BrN4O3/c1-5(14)13-4-6(9)7(12-13)3-11-16-8(15)10-2/h3-4H,1-2H3,(H,10,15). The quantitative estimate of drug-likeness (QED) is 0.500. The Hall–Kier alpha value is -1.70. The summed E-state index contributed by atoms with van der Waals surface area (Å²) in [5.41, 5.74) is 0.388. The van der Waals surface area contributed by atoms with Gasteiger partial charge < -0.3 is 5.32 Å². The molecule has 1 N–H and O–H groups in total. The smallest absolute Gasteiger partial charge is 0.323 e. The van der Waals surface area contributed by atoms with Gasteiger partial charge in [-0.1, -0.05) is 5.16 Å². The van der Waals surface area contributed by atoms with E-state index in [1.807, 2.05) is 0 Å². The number of rotatable bonds is 2. The number of amides is 1. The number of aromatic nitrogens is 2. The number of oxime groups is 1. The van der Waals surface area contributed by atoms with Crippen LogP contribution in [-0.2, 0) is 4.84 Å². The molecule has 0 atom stereocenters. The van der Waals surface area contributed by atoms with Gasteiger partial charge in [-0.25, -0.2) is 9.48 Å². The maximum absolute atomic E-state index is 11.0. The molecule has 0 aromatic carbocycles. The second kappa shape index (κ2) is 5.40. The number of halogens is 1. The van der Waals surface area contributed by atoms with Crippen LogP contribution in [0.2, 0.25) is 0 Å². The Morgan fingerprint density at radius 3 is 2.88 bits per heavy atom. The van der Waals surface area contributed by atoms with Gasteiger partial charge >= 0.3 is 6.09 Å². The monoisotopic (exact) mass is 288 g/mol. The summed E-state index contributed by atoms with van der Waals surface area (Å²) >= 11 is 3.19. The molecule has 7 nitrogen and oxygen atoms in total. The molecule has 1 amide bonds. The molecule has 1 rings (SSSR count). The highest BCUT2D eigenvalue weighted by Crippen LogP contribution is 2.12. The molecule has 0 bridgehead atoms. The van der Waals surface area contributed by atoms with E-state index in [1.165, 1.54) is 26.4 Å². The molecular weight excluding hydrogens is 280 g/mol. The minimum Gasteiger partial charge on any atom is -0.323 e. The topological polar surface area (TPSA) is 85.6 Å². The maximum atomic E-state index is 11.0. The molecule has 0 fully saturated rings. The van der Waals surface area contributed by atoms with Crippen LogP contribution in [-0.4, -0.2) is 35.0 Å². The zero-order chi connectivity index (χ0) is 12.1. The van der Waals surface area contributed by atoms with Crippen molar-refractivity contribution in [2.24, 2.45) is 5.16 Å². The minimum absolute atomic E-state index is 0.229. The van der Waals surface area contributed by atoms with Crippen LogP contribution in [0.5, 0.6) is 0 Å². The van der Waals surface area contributed by atoms with Crippen LogP contribution in [0.3, 0.4) is 0 Å². The Morgan fingerprint density at radius 1 is 1.69 bits per heavy atom. The second-order valence-corrected chi connectivity index (χ2v) is 3.54. The maximum Gasteiger partial charge on any atom is 0.433 e. The molecule has 0 saturated carbocycles. The lowest BCUT2D eigenvalue weighted by Gasteiger charge is -1.92. The summed E-state index contributed by atoms with van der Waals surface area (Å²) in [7, 11) is 1.41. The molecule has 0 radical (unpaired) electrons. The molecule has 86 valence electrons. The first-order valence-electron chi connectivity index (χ1n) is 4.22. The lowest BCUT2D eigenvalue weighted by Crippen LogP contribution is -2.16. The number of carbonyl (C=O) groups excluding carboxylic acids is 2. The van der Waals surface area contributed by atoms with Crippen LogP contribution in [0.15, 0.2) is 15.8 Å². The van der Waals surface area contributed by atoms with Crippen LogP contribution in [0.25, 0.3) is 0 Å². The summed E-state index contributed by atoms with van der Waals surface area (Å²) in [4.78, 5) is 26.0. The van der Waals surface area contributed by atoms with Gasteiger partial charge in [0.25, 0.3) is 0 Å². The zero-order valence-electron chi connectivity index (χ0n) is 8.60. The average molecular weight is 289 g/mol. The van der Waals surface area contributed by atoms with E-state index in [1.54, 1.807) is 0 Å². The van der Waals surface area contributed by atoms with Crippen LogP contribution >= 0.6 is 15.9 Å². The largest absolute Gasteiger partial charge is 0.433 e. The molecule has 0 aliphatic heterocycles. The fourth-order valence-corrected chi connectivity index (χ4v) is 1.16. The van der Waals surface area contributed by atoms with Crippen molar-refractivity contribution in [3.05, 3.63) is 16.4 Å². The first kappa shape index (κ1) is 12.4. The minimum atomic E-state index is -0.682. The van der Waals surface area contributed by atoms with Crippen molar-refractivity contribution < 1.29 is 14.4 Å². The number of carbonyl (C=O) groups is 2. The molecule has 1 heterocycles. The normalized spacial score (nSPS) is 10.4. The van der Waals surface area contributed by atoms with Crippen LogP contribution in [0.4, 0.5) is 4.79 Å². The van der Waals surface area contributed by atoms with E-state index in [2.05, 4.69) is 36.3 Å². The summed E-state index contributed by atoms with van der Waals surface area (Å²) in [6.07, 6.45) is 2.03. The summed E-state index contributed by atoms with van der Waals surface area (Å²) < 4.78 is 1.72. The van der Waals surface area contributed by atoms with Gasteiger partial charge in [-0.15, -0.1) is 0 Å². The van der Waals surface area contributed by atoms with Crippen molar-refractivity contribution in [2.45, 2.75) is 6.92 Å². The Bertz CT molecular complexity index is 440. The number of hydrogen-bond donors (Lipinski definition) is 1. The van der Waals surface area contributed by atoms with E-state index in [0.29, 0.717) is 10.2 Å². The highest BCUT2D eigenvalue weighted by atomic mass is 79.9. The third-order valence-corrected chi connectivity index (χ3v) is 2.14. The molecule has 0 spiro atoms. The molecule has 16 heavy (non-hydrogen) atoms. The molecule has 0 unspecified atom stereocenters. The number of nitrogens with zero attached hydrogens (tertiary/aromatic N) is 3. The lowest BCUT2D eigenvalue weighted by atomic mass is 10.5. The van der Waals surface area contributed by atoms with Gasteiger partial charge in [-0.2, -0.15) is 5.10 Å². The average Bonchev–Trinajstić information content (AvgIpc) is 2.60. The second-order valence-electron chi connectivity index (χ2n) is 2.69. The van der Waals surface area contributed by atoms with Crippen molar-refractivity contribution in [3.8, 4) is 0 Å². The summed E-state index contributed by atoms with van der Waals surface area (Å²) in [5.74, 6) is -0.229. The molecule has 1 aromatic heterocycles. The van der Waals surface area contributed by atoms with Crippen molar-refractivity contribution in [1.29, 1.82) is 0 Å². The summed E-state index contributed by atoms with van der Waals surface area (Å²) in [5, 5.41) is 9.51. The highest BCUT2D eigenvalue weighted by molar-refractivity contribution is 9.10. The van der Waals surface area contributed by atoms with Gasteiger partial charge in [0.2, 0.25) is 5.91 Å². The first-order chi connectivity index (χ1) is 7.54. The van der Waals surface area contributed by atoms with E-state index in [9.17, 15) is 9.59 Å². The zero-order valence-corrected chi connectivity index (χ0v) is 10.2. The fourth-order valence-electron chi connectivity index (χ4n) is 0.785. The Morgan fingerprint density at radius 2 is 2.38 bits per heavy atom. The number of nitrogens with one attached hydrogen (secondary N) is 1. The molecule has 1 aromatic rings. The molecular formula is C8H9BrN4O3. The number of hydrogen-bond acceptors (Lipinski definition) is 5. The van der Waals surface area contributed by atoms with E-state index in [0.717, 1.165) is 4.68 Å². The predicted molar refractivity (Wildman–Crippen MR) is 59.4 cm³/mol. The van der Waals surface area contributed by atoms with Crippen LogP contribution in [0, 0.1) is 0 Å². The van der Waals surface area contributed by atoms with Gasteiger partial charge in [0.1, 0.15) is 5.69 Å². The highest BCUT2D eigenvalue weighted by Gasteiger charge is 2.07. The fraction of sp³-hybridized carbons (Fsp3) is 0.250. The molecule has 8 heteroatoms. The van der Waals surface area contributed by atoms with Gasteiger partial charge in [0.05, 0.1) is 10.7 Å². The molecule has 0 aliphatic carbocycles. The first-order valence-corrected chi connectivity index (χ1v) is 5.02. The van der Waals surface area contributed by atoms with E-state index in [-0.39, 0.29) is 5.91 Å². The van der Waals surface area contributed by atoms with E-state index in [4.69, 9.17) is 0 Å². The Labute approximate surface area is 99.6 Å². The van der Waals surface area contributed by atoms with Crippen molar-refractivity contribution >= 4 is 34.1 Å². The third kappa shape index (κ3) is 3.16. The van der Waals surface area contributed by atoms with Crippen LogP contribution < -0.4 is 5.32 Å². The van der Waals surface area contributed by atoms with Gasteiger partial charge in [-0.3, -0.25) is 9.63 Å². The predicted octanol–water partition coefficient (Wildman–Crippen LogP) is 0.996. The summed E-state index contributed by atoms with van der Waals surface area (Å²) in [6.45, 7) is 1.38. The van der Waals surface area contributed by atoms with Gasteiger partial charge in [0.15, 0.2) is 0 Å². The molecule has 0 aliphatic rings. The van der Waals surface area contributed by atoms with Gasteiger partial charge in [-0.05, 0) is 15.9 Å². The van der Waals surface area contributed by atoms with Gasteiger partial charge in [0, 0.05) is 20.2 Å². The Balaban J connectivity index is 2.74. The SMILES string of the molecule is CNC(=O)ON=Cc1nn(C(C)=O)cc1Br. The summed E-state index contributed by atoms with van der Waals surface area (Å²) in [6, 6.07) is 0. The van der Waals surface area contributed by atoms with Crippen LogP contribution in [0.1, 0.15) is 17.4 Å². The third-order valence-electron chi connectivity index (χ3n) is 1.53. The Kier molecular flexibility index (Phi) is 4.18. The van der Waals surface area contributed by atoms with E-state index < -0.39 is 6.09 Å². The van der Waals surface area contributed by atoms with Crippen molar-refractivity contribution in [3.63, 3.8) is 0 Å². The van der Waals surface area contributed by atoms with Crippen molar-refractivity contribution in [2.75, 3.05) is 7.05 Å². The van der Waals surface area contributed by atoms with Crippen molar-refractivity contribution in [1.82, 2.24) is 15.1 Å². The molecule has 0 saturated heterocycles.